The number of nitrogens with one attached hydrogen (secondary N) is 2. The average Bonchev–Trinajstić information content (AvgIpc) is 2.90. The van der Waals surface area contributed by atoms with E-state index in [0.717, 1.165) is 5.56 Å². The summed E-state index contributed by atoms with van der Waals surface area (Å²) in [6, 6.07) is 5.48. The number of nitrogens with zero attached hydrogens (tertiary/aromatic N) is 1. The van der Waals surface area contributed by atoms with E-state index in [1.807, 2.05) is 0 Å². The number of rotatable bonds is 6. The highest BCUT2D eigenvalue weighted by molar-refractivity contribution is 7.89. The van der Waals surface area contributed by atoms with Crippen molar-refractivity contribution in [2.75, 3.05) is 0 Å². The fraction of sp³-hybridized carbons (Fsp3) is 0.308. The number of hydrogen-bond donors (Lipinski definition) is 3. The van der Waals surface area contributed by atoms with E-state index in [2.05, 4.69) is 14.9 Å². The second kappa shape index (κ2) is 6.33. The molecular formula is C13H16FN3O3S. The zero-order valence-electron chi connectivity index (χ0n) is 11.4. The van der Waals surface area contributed by atoms with Crippen molar-refractivity contribution in [3.8, 4) is 0 Å². The standard InChI is InChI=1S/C13H16FN3O3S/c1-9(6-10-2-4-12(14)5-3-10)17-21(19,20)13-11(8-18)7-15-16-13/h2-5,7,9,17-18H,6,8H2,1H3,(H,15,16). The normalized spacial score (nSPS) is 13.3. The Balaban J connectivity index is 2.08. The number of hydrogen-bond acceptors (Lipinski definition) is 4. The third-order valence-corrected chi connectivity index (χ3v) is 4.53. The Morgan fingerprint density at radius 3 is 2.67 bits per heavy atom. The van der Waals surface area contributed by atoms with Crippen LogP contribution < -0.4 is 4.72 Å². The van der Waals surface area contributed by atoms with E-state index >= 15 is 0 Å². The molecule has 0 amide bonds. The van der Waals surface area contributed by atoms with E-state index in [-0.39, 0.29) is 16.4 Å². The van der Waals surface area contributed by atoms with Gasteiger partial charge in [0.15, 0.2) is 5.03 Å². The van der Waals surface area contributed by atoms with Crippen LogP contribution in [-0.2, 0) is 23.1 Å². The highest BCUT2D eigenvalue weighted by atomic mass is 32.2. The van der Waals surface area contributed by atoms with Gasteiger partial charge in [-0.15, -0.1) is 0 Å². The molecule has 6 nitrogen and oxygen atoms in total. The summed E-state index contributed by atoms with van der Waals surface area (Å²) in [5, 5.41) is 14.9. The van der Waals surface area contributed by atoms with E-state index in [9.17, 15) is 12.8 Å². The summed E-state index contributed by atoms with van der Waals surface area (Å²) >= 11 is 0. The predicted molar refractivity (Wildman–Crippen MR) is 74.4 cm³/mol. The topological polar surface area (TPSA) is 95.1 Å². The largest absolute Gasteiger partial charge is 0.392 e. The fourth-order valence-electron chi connectivity index (χ4n) is 1.98. The van der Waals surface area contributed by atoms with Crippen LogP contribution in [0.5, 0.6) is 0 Å². The minimum atomic E-state index is -3.79. The van der Waals surface area contributed by atoms with Gasteiger partial charge in [0, 0.05) is 11.6 Å². The van der Waals surface area contributed by atoms with Crippen molar-refractivity contribution < 1.29 is 17.9 Å². The SMILES string of the molecule is CC(Cc1ccc(F)cc1)NS(=O)(=O)c1[nH]ncc1CO. The molecule has 1 aromatic carbocycles. The van der Waals surface area contributed by atoms with Crippen LogP contribution in [0.2, 0.25) is 0 Å². The van der Waals surface area contributed by atoms with Crippen molar-refractivity contribution in [1.82, 2.24) is 14.9 Å². The molecule has 114 valence electrons. The van der Waals surface area contributed by atoms with Gasteiger partial charge in [-0.1, -0.05) is 12.1 Å². The summed E-state index contributed by atoms with van der Waals surface area (Å²) < 4.78 is 39.7. The quantitative estimate of drug-likeness (QED) is 0.740. The lowest BCUT2D eigenvalue weighted by Gasteiger charge is -2.14. The number of benzene rings is 1. The molecule has 0 spiro atoms. The highest BCUT2D eigenvalue weighted by Gasteiger charge is 2.22. The summed E-state index contributed by atoms with van der Waals surface area (Å²) in [4.78, 5) is 0. The van der Waals surface area contributed by atoms with Gasteiger partial charge in [0.2, 0.25) is 0 Å². The van der Waals surface area contributed by atoms with E-state index in [1.165, 1.54) is 18.3 Å². The maximum atomic E-state index is 12.8. The molecule has 2 aromatic rings. The van der Waals surface area contributed by atoms with Crippen molar-refractivity contribution in [2.45, 2.75) is 31.0 Å². The Morgan fingerprint density at radius 2 is 2.05 bits per heavy atom. The molecule has 21 heavy (non-hydrogen) atoms. The minimum Gasteiger partial charge on any atom is -0.392 e. The third kappa shape index (κ3) is 3.87. The molecule has 0 radical (unpaired) electrons. The Hall–Kier alpha value is -1.77. The fourth-order valence-corrected chi connectivity index (χ4v) is 3.35. The van der Waals surface area contributed by atoms with E-state index in [0.29, 0.717) is 6.42 Å². The number of H-pyrrole nitrogens is 1. The molecule has 1 unspecified atom stereocenters. The van der Waals surface area contributed by atoms with Gasteiger partial charge in [-0.25, -0.2) is 17.5 Å². The van der Waals surface area contributed by atoms with Gasteiger partial charge in [-0.3, -0.25) is 5.10 Å². The van der Waals surface area contributed by atoms with Crippen molar-refractivity contribution in [3.05, 3.63) is 47.4 Å². The van der Waals surface area contributed by atoms with Crippen LogP contribution in [0.15, 0.2) is 35.5 Å². The minimum absolute atomic E-state index is 0.143. The molecule has 0 aliphatic rings. The molecular weight excluding hydrogens is 297 g/mol. The molecule has 1 atom stereocenters. The van der Waals surface area contributed by atoms with Gasteiger partial charge >= 0.3 is 0 Å². The lowest BCUT2D eigenvalue weighted by molar-refractivity contribution is 0.278. The summed E-state index contributed by atoms with van der Waals surface area (Å²) in [5.74, 6) is -0.336. The van der Waals surface area contributed by atoms with Crippen LogP contribution in [0.4, 0.5) is 4.39 Å². The first-order valence-electron chi connectivity index (χ1n) is 6.32. The molecule has 3 N–H and O–H groups in total. The lowest BCUT2D eigenvalue weighted by atomic mass is 10.1. The van der Waals surface area contributed by atoms with E-state index in [1.54, 1.807) is 19.1 Å². The molecule has 0 aliphatic heterocycles. The summed E-state index contributed by atoms with van der Waals surface area (Å²) in [6.07, 6.45) is 1.68. The number of aromatic amines is 1. The monoisotopic (exact) mass is 313 g/mol. The van der Waals surface area contributed by atoms with Gasteiger partial charge in [0.05, 0.1) is 12.8 Å². The first-order chi connectivity index (χ1) is 9.92. The summed E-state index contributed by atoms with van der Waals surface area (Å²) in [5.41, 5.74) is 1.02. The zero-order valence-corrected chi connectivity index (χ0v) is 12.2. The van der Waals surface area contributed by atoms with Crippen molar-refractivity contribution in [3.63, 3.8) is 0 Å². The van der Waals surface area contributed by atoms with Crippen molar-refractivity contribution in [1.29, 1.82) is 0 Å². The molecule has 0 aliphatic carbocycles. The van der Waals surface area contributed by atoms with Gasteiger partial charge in [-0.2, -0.15) is 5.10 Å². The van der Waals surface area contributed by atoms with Gasteiger partial charge in [0.25, 0.3) is 10.0 Å². The highest BCUT2D eigenvalue weighted by Crippen LogP contribution is 2.13. The van der Waals surface area contributed by atoms with Crippen LogP contribution in [0, 0.1) is 5.82 Å². The molecule has 0 bridgehead atoms. The summed E-state index contributed by atoms with van der Waals surface area (Å²) in [6.45, 7) is 1.29. The maximum absolute atomic E-state index is 12.8. The number of halogens is 1. The summed E-state index contributed by atoms with van der Waals surface area (Å²) in [7, 11) is -3.79. The first kappa shape index (κ1) is 15.6. The molecule has 0 saturated carbocycles. The lowest BCUT2D eigenvalue weighted by Crippen LogP contribution is -2.34. The molecule has 2 rings (SSSR count). The van der Waals surface area contributed by atoms with Crippen LogP contribution in [-0.4, -0.2) is 29.8 Å². The Morgan fingerprint density at radius 1 is 1.38 bits per heavy atom. The van der Waals surface area contributed by atoms with Crippen molar-refractivity contribution >= 4 is 10.0 Å². The van der Waals surface area contributed by atoms with Crippen LogP contribution in [0.1, 0.15) is 18.1 Å². The Bertz CT molecular complexity index is 698. The Kier molecular flexibility index (Phi) is 4.71. The van der Waals surface area contributed by atoms with Gasteiger partial charge in [-0.05, 0) is 31.0 Å². The third-order valence-electron chi connectivity index (χ3n) is 2.93. The molecule has 0 fully saturated rings. The smallest absolute Gasteiger partial charge is 0.258 e. The second-order valence-corrected chi connectivity index (χ2v) is 6.39. The molecule has 0 saturated heterocycles. The van der Waals surface area contributed by atoms with Gasteiger partial charge < -0.3 is 5.11 Å². The average molecular weight is 313 g/mol. The van der Waals surface area contributed by atoms with Crippen LogP contribution >= 0.6 is 0 Å². The maximum Gasteiger partial charge on any atom is 0.258 e. The Labute approximate surface area is 122 Å². The number of aliphatic hydroxyl groups is 1. The van der Waals surface area contributed by atoms with E-state index in [4.69, 9.17) is 5.11 Å². The van der Waals surface area contributed by atoms with Crippen LogP contribution in [0.25, 0.3) is 0 Å². The number of sulfonamides is 1. The molecule has 1 heterocycles. The number of aliphatic hydroxyl groups excluding tert-OH is 1. The van der Waals surface area contributed by atoms with Crippen LogP contribution in [0.3, 0.4) is 0 Å². The van der Waals surface area contributed by atoms with E-state index < -0.39 is 22.7 Å². The molecule has 1 aromatic heterocycles. The predicted octanol–water partition coefficient (Wildman–Crippen LogP) is 0.951. The van der Waals surface area contributed by atoms with Gasteiger partial charge in [0.1, 0.15) is 5.82 Å². The second-order valence-electron chi connectivity index (χ2n) is 4.74. The first-order valence-corrected chi connectivity index (χ1v) is 7.80. The molecule has 8 heteroatoms. The van der Waals surface area contributed by atoms with Crippen molar-refractivity contribution in [2.24, 2.45) is 0 Å². The zero-order chi connectivity index (χ0) is 15.5. The number of aromatic nitrogens is 2.